The summed E-state index contributed by atoms with van der Waals surface area (Å²) in [4.78, 5) is 18.2. The van der Waals surface area contributed by atoms with Crippen LogP contribution in [0.1, 0.15) is 42.1 Å². The molecular formula is C14H18N4O2. The Bertz CT molecular complexity index is 576. The number of amides is 1. The van der Waals surface area contributed by atoms with Crippen molar-refractivity contribution in [2.75, 3.05) is 13.1 Å². The normalized spacial score (nSPS) is 19.2. The fourth-order valence-electron chi connectivity index (χ4n) is 2.60. The molecule has 1 aliphatic rings. The maximum absolute atomic E-state index is 12.4. The van der Waals surface area contributed by atoms with Gasteiger partial charge >= 0.3 is 0 Å². The van der Waals surface area contributed by atoms with Crippen molar-refractivity contribution in [2.24, 2.45) is 0 Å². The number of nitrogens with zero attached hydrogens (tertiary/aromatic N) is 4. The third-order valence-corrected chi connectivity index (χ3v) is 3.72. The fourth-order valence-corrected chi connectivity index (χ4v) is 2.60. The van der Waals surface area contributed by atoms with Crippen molar-refractivity contribution in [2.45, 2.75) is 32.2 Å². The van der Waals surface area contributed by atoms with Crippen LogP contribution >= 0.6 is 0 Å². The van der Waals surface area contributed by atoms with Crippen LogP contribution in [-0.2, 0) is 6.42 Å². The first-order valence-electron chi connectivity index (χ1n) is 7.00. The van der Waals surface area contributed by atoms with Crippen molar-refractivity contribution in [1.29, 1.82) is 0 Å². The summed E-state index contributed by atoms with van der Waals surface area (Å²) in [5.41, 5.74) is 0. The van der Waals surface area contributed by atoms with Gasteiger partial charge in [-0.3, -0.25) is 4.79 Å². The number of aromatic nitrogens is 3. The van der Waals surface area contributed by atoms with Gasteiger partial charge in [-0.15, -0.1) is 0 Å². The van der Waals surface area contributed by atoms with Crippen LogP contribution < -0.4 is 0 Å². The molecule has 3 rings (SSSR count). The summed E-state index contributed by atoms with van der Waals surface area (Å²) in [6.45, 7) is 3.44. The summed E-state index contributed by atoms with van der Waals surface area (Å²) in [5.74, 6) is 1.24. The first-order chi connectivity index (χ1) is 9.78. The van der Waals surface area contributed by atoms with Gasteiger partial charge in [0, 0.05) is 19.5 Å². The van der Waals surface area contributed by atoms with Gasteiger partial charge in [0.1, 0.15) is 18.4 Å². The minimum absolute atomic E-state index is 0.0329. The van der Waals surface area contributed by atoms with E-state index >= 15 is 0 Å². The second-order valence-corrected chi connectivity index (χ2v) is 5.04. The van der Waals surface area contributed by atoms with Crippen molar-refractivity contribution in [3.8, 4) is 0 Å². The van der Waals surface area contributed by atoms with E-state index in [0.717, 1.165) is 31.6 Å². The molecule has 6 heteroatoms. The molecule has 2 aromatic rings. The summed E-state index contributed by atoms with van der Waals surface area (Å²) in [5, 5.41) is 4.17. The first-order valence-corrected chi connectivity index (χ1v) is 7.00. The quantitative estimate of drug-likeness (QED) is 0.857. The van der Waals surface area contributed by atoms with E-state index in [9.17, 15) is 4.79 Å². The molecule has 1 atom stereocenters. The number of aryl methyl sites for hydroxylation is 1. The number of likely N-dealkylation sites (tertiary alicyclic amines) is 1. The highest BCUT2D eigenvalue weighted by Crippen LogP contribution is 2.22. The van der Waals surface area contributed by atoms with Gasteiger partial charge in [-0.05, 0) is 25.0 Å². The summed E-state index contributed by atoms with van der Waals surface area (Å²) in [6.07, 6.45) is 6.03. The molecular weight excluding hydrogens is 256 g/mol. The number of furan rings is 1. The van der Waals surface area contributed by atoms with E-state index in [1.807, 2.05) is 22.6 Å². The zero-order chi connectivity index (χ0) is 13.9. The second-order valence-electron chi connectivity index (χ2n) is 5.04. The van der Waals surface area contributed by atoms with Crippen molar-refractivity contribution in [3.63, 3.8) is 0 Å². The van der Waals surface area contributed by atoms with Crippen LogP contribution in [0, 0.1) is 0 Å². The van der Waals surface area contributed by atoms with E-state index in [0.29, 0.717) is 12.3 Å². The maximum atomic E-state index is 12.4. The lowest BCUT2D eigenvalue weighted by molar-refractivity contribution is 0.0639. The monoisotopic (exact) mass is 274 g/mol. The van der Waals surface area contributed by atoms with Crippen LogP contribution in [0.3, 0.4) is 0 Å². The molecule has 0 spiro atoms. The Morgan fingerprint density at radius 2 is 2.40 bits per heavy atom. The van der Waals surface area contributed by atoms with E-state index in [1.54, 1.807) is 12.4 Å². The molecule has 0 aliphatic carbocycles. The predicted octanol–water partition coefficient (Wildman–Crippen LogP) is 1.91. The van der Waals surface area contributed by atoms with Crippen molar-refractivity contribution >= 4 is 5.91 Å². The van der Waals surface area contributed by atoms with Gasteiger partial charge in [-0.2, -0.15) is 5.10 Å². The third-order valence-electron chi connectivity index (χ3n) is 3.72. The molecule has 1 aliphatic heterocycles. The summed E-state index contributed by atoms with van der Waals surface area (Å²) >= 11 is 0. The average Bonchev–Trinajstić information content (AvgIpc) is 3.17. The second kappa shape index (κ2) is 5.48. The number of carbonyl (C=O) groups excluding carboxylic acids is 1. The van der Waals surface area contributed by atoms with Gasteiger partial charge in [0.25, 0.3) is 5.91 Å². The largest absolute Gasteiger partial charge is 0.456 e. The lowest BCUT2D eigenvalue weighted by Gasteiger charge is -2.32. The Morgan fingerprint density at radius 3 is 3.10 bits per heavy atom. The predicted molar refractivity (Wildman–Crippen MR) is 72.3 cm³/mol. The average molecular weight is 274 g/mol. The molecule has 6 nitrogen and oxygen atoms in total. The molecule has 0 unspecified atom stereocenters. The summed E-state index contributed by atoms with van der Waals surface area (Å²) in [6, 6.07) is 3.84. The molecule has 0 saturated carbocycles. The number of carbonyl (C=O) groups is 1. The molecule has 0 aromatic carbocycles. The lowest BCUT2D eigenvalue weighted by atomic mass is 10.1. The number of hydrogen-bond donors (Lipinski definition) is 0. The van der Waals surface area contributed by atoms with E-state index in [2.05, 4.69) is 10.1 Å². The van der Waals surface area contributed by atoms with E-state index < -0.39 is 0 Å². The molecule has 0 bridgehead atoms. The number of hydrogen-bond acceptors (Lipinski definition) is 4. The van der Waals surface area contributed by atoms with E-state index in [4.69, 9.17) is 4.42 Å². The third kappa shape index (κ3) is 2.45. The smallest absolute Gasteiger partial charge is 0.289 e. The molecule has 0 radical (unpaired) electrons. The molecule has 1 amide bonds. The van der Waals surface area contributed by atoms with Crippen molar-refractivity contribution < 1.29 is 9.21 Å². The lowest BCUT2D eigenvalue weighted by Crippen LogP contribution is -2.40. The highest BCUT2D eigenvalue weighted by Gasteiger charge is 2.27. The Hall–Kier alpha value is -2.11. The Balaban J connectivity index is 1.71. The van der Waals surface area contributed by atoms with Crippen LogP contribution in [0.15, 0.2) is 29.2 Å². The topological polar surface area (TPSA) is 64.2 Å². The highest BCUT2D eigenvalue weighted by molar-refractivity contribution is 5.91. The molecule has 1 fully saturated rings. The van der Waals surface area contributed by atoms with Gasteiger partial charge in [0.15, 0.2) is 5.76 Å². The highest BCUT2D eigenvalue weighted by atomic mass is 16.4. The van der Waals surface area contributed by atoms with Gasteiger partial charge < -0.3 is 9.32 Å². The SMILES string of the molecule is CCc1ccc(C(=O)N2CCC[C@@H](n3cncn3)C2)o1. The molecule has 106 valence electrons. The minimum Gasteiger partial charge on any atom is -0.456 e. The minimum atomic E-state index is -0.0329. The fraction of sp³-hybridized carbons (Fsp3) is 0.500. The van der Waals surface area contributed by atoms with Crippen LogP contribution in [0.5, 0.6) is 0 Å². The molecule has 1 saturated heterocycles. The zero-order valence-electron chi connectivity index (χ0n) is 11.5. The van der Waals surface area contributed by atoms with Crippen LogP contribution in [-0.4, -0.2) is 38.7 Å². The zero-order valence-corrected chi connectivity index (χ0v) is 11.5. The number of piperidine rings is 1. The Kier molecular flexibility index (Phi) is 3.54. The van der Waals surface area contributed by atoms with Crippen molar-refractivity contribution in [1.82, 2.24) is 19.7 Å². The summed E-state index contributed by atoms with van der Waals surface area (Å²) < 4.78 is 7.38. The van der Waals surface area contributed by atoms with Crippen molar-refractivity contribution in [3.05, 3.63) is 36.3 Å². The first kappa shape index (κ1) is 12.9. The van der Waals surface area contributed by atoms with Gasteiger partial charge in [-0.1, -0.05) is 6.92 Å². The Labute approximate surface area is 117 Å². The van der Waals surface area contributed by atoms with Crippen LogP contribution in [0.2, 0.25) is 0 Å². The van der Waals surface area contributed by atoms with E-state index in [1.165, 1.54) is 6.33 Å². The summed E-state index contributed by atoms with van der Waals surface area (Å²) in [7, 11) is 0. The molecule has 3 heterocycles. The molecule has 0 N–H and O–H groups in total. The molecule has 2 aromatic heterocycles. The Morgan fingerprint density at radius 1 is 1.50 bits per heavy atom. The van der Waals surface area contributed by atoms with Gasteiger partial charge in [0.2, 0.25) is 0 Å². The van der Waals surface area contributed by atoms with E-state index in [-0.39, 0.29) is 11.9 Å². The molecule has 20 heavy (non-hydrogen) atoms. The maximum Gasteiger partial charge on any atom is 0.289 e. The standard InChI is InChI=1S/C14H18N4O2/c1-2-12-5-6-13(20-12)14(19)17-7-3-4-11(8-17)18-10-15-9-16-18/h5-6,9-11H,2-4,7-8H2,1H3/t11-/m1/s1. The number of rotatable bonds is 3. The van der Waals surface area contributed by atoms with Crippen LogP contribution in [0.4, 0.5) is 0 Å². The van der Waals surface area contributed by atoms with Gasteiger partial charge in [0.05, 0.1) is 6.04 Å². The van der Waals surface area contributed by atoms with Crippen LogP contribution in [0.25, 0.3) is 0 Å². The van der Waals surface area contributed by atoms with Gasteiger partial charge in [-0.25, -0.2) is 9.67 Å².